The van der Waals surface area contributed by atoms with Gasteiger partial charge in [-0.2, -0.15) is 9.97 Å². The molecule has 3 aromatic rings. The third kappa shape index (κ3) is 6.25. The molecule has 11 heteroatoms. The number of nitrogens with one attached hydrogen (secondary N) is 1. The lowest BCUT2D eigenvalue weighted by atomic mass is 10.0. The van der Waals surface area contributed by atoms with Crippen LogP contribution >= 0.6 is 0 Å². The highest BCUT2D eigenvalue weighted by atomic mass is 16.5. The van der Waals surface area contributed by atoms with Gasteiger partial charge >= 0.3 is 11.9 Å². The molecule has 0 saturated heterocycles. The average Bonchev–Trinajstić information content (AvgIpc) is 3.12. The Morgan fingerprint density at radius 3 is 2.46 bits per heavy atom. The fourth-order valence-corrected chi connectivity index (χ4v) is 3.71. The summed E-state index contributed by atoms with van der Waals surface area (Å²) in [5, 5.41) is 13.4. The summed E-state index contributed by atoms with van der Waals surface area (Å²) in [7, 11) is 1.80. The molecule has 0 unspecified atom stereocenters. The summed E-state index contributed by atoms with van der Waals surface area (Å²) in [5.41, 5.74) is 8.19. The molecule has 0 fully saturated rings. The second-order valence-corrected chi connectivity index (χ2v) is 7.86. The van der Waals surface area contributed by atoms with Gasteiger partial charge in [0.15, 0.2) is 0 Å². The Morgan fingerprint density at radius 2 is 1.80 bits per heavy atom. The zero-order valence-corrected chi connectivity index (χ0v) is 19.9. The fourth-order valence-electron chi connectivity index (χ4n) is 3.71. The number of aromatic hydroxyl groups is 1. The molecule has 0 aliphatic rings. The van der Waals surface area contributed by atoms with E-state index in [1.54, 1.807) is 49.7 Å². The van der Waals surface area contributed by atoms with Crippen molar-refractivity contribution in [2.24, 2.45) is 7.05 Å². The monoisotopic (exact) mass is 483 g/mol. The van der Waals surface area contributed by atoms with Gasteiger partial charge in [0.1, 0.15) is 11.7 Å². The number of aromatic nitrogens is 3. The minimum absolute atomic E-state index is 0.0125. The lowest BCUT2D eigenvalue weighted by molar-refractivity contribution is -0.146. The van der Waals surface area contributed by atoms with Crippen molar-refractivity contribution in [3.05, 3.63) is 47.2 Å². The normalized spacial score (nSPS) is 11.7. The van der Waals surface area contributed by atoms with Gasteiger partial charge in [0.2, 0.25) is 11.8 Å². The number of ether oxygens (including phenoxy) is 2. The minimum Gasteiger partial charge on any atom is -0.493 e. The fraction of sp³-hybridized carbons (Fsp3) is 0.375. The first-order valence-corrected chi connectivity index (χ1v) is 11.3. The molecule has 2 heterocycles. The van der Waals surface area contributed by atoms with E-state index in [-0.39, 0.29) is 37.9 Å². The molecule has 186 valence electrons. The number of aryl methyl sites for hydroxylation is 1. The summed E-state index contributed by atoms with van der Waals surface area (Å²) in [4.78, 5) is 44.7. The van der Waals surface area contributed by atoms with Crippen LogP contribution in [0.1, 0.15) is 48.2 Å². The van der Waals surface area contributed by atoms with Crippen LogP contribution in [-0.4, -0.2) is 56.7 Å². The first-order chi connectivity index (χ1) is 16.7. The van der Waals surface area contributed by atoms with Crippen molar-refractivity contribution in [2.75, 3.05) is 18.9 Å². The predicted molar refractivity (Wildman–Crippen MR) is 128 cm³/mol. The number of nitrogens with zero attached hydrogens (tertiary/aromatic N) is 3. The maximum Gasteiger partial charge on any atom is 0.328 e. The summed E-state index contributed by atoms with van der Waals surface area (Å²) in [5.74, 6) is -1.73. The van der Waals surface area contributed by atoms with E-state index in [0.717, 1.165) is 11.1 Å². The number of carbonyl (C=O) groups excluding carboxylic acids is 3. The van der Waals surface area contributed by atoms with Crippen LogP contribution in [0.15, 0.2) is 30.5 Å². The second-order valence-electron chi connectivity index (χ2n) is 7.86. The van der Waals surface area contributed by atoms with E-state index in [2.05, 4.69) is 15.3 Å². The number of rotatable bonds is 10. The van der Waals surface area contributed by atoms with Crippen molar-refractivity contribution in [2.45, 2.75) is 39.2 Å². The zero-order valence-electron chi connectivity index (χ0n) is 19.9. The van der Waals surface area contributed by atoms with Crippen molar-refractivity contribution in [3.8, 4) is 5.88 Å². The van der Waals surface area contributed by atoms with Gasteiger partial charge in [-0.15, -0.1) is 0 Å². The molecule has 0 aliphatic carbocycles. The van der Waals surface area contributed by atoms with Crippen LogP contribution in [-0.2, 0) is 32.5 Å². The van der Waals surface area contributed by atoms with Gasteiger partial charge in [-0.25, -0.2) is 4.79 Å². The highest BCUT2D eigenvalue weighted by molar-refractivity contribution is 5.97. The van der Waals surface area contributed by atoms with Gasteiger partial charge in [0, 0.05) is 25.2 Å². The van der Waals surface area contributed by atoms with Crippen LogP contribution in [0.5, 0.6) is 5.88 Å². The Balaban J connectivity index is 1.71. The molecular weight excluding hydrogens is 454 g/mol. The molecule has 1 amide bonds. The van der Waals surface area contributed by atoms with Crippen molar-refractivity contribution in [1.82, 2.24) is 19.9 Å². The highest BCUT2D eigenvalue weighted by Crippen LogP contribution is 2.29. The van der Waals surface area contributed by atoms with Gasteiger partial charge in [0.25, 0.3) is 5.91 Å². The van der Waals surface area contributed by atoms with E-state index < -0.39 is 23.9 Å². The van der Waals surface area contributed by atoms with Crippen molar-refractivity contribution in [1.29, 1.82) is 0 Å². The lowest BCUT2D eigenvalue weighted by Gasteiger charge is -2.17. The molecular formula is C24H29N5O6. The number of hydrogen-bond acceptors (Lipinski definition) is 9. The van der Waals surface area contributed by atoms with Gasteiger partial charge in [-0.1, -0.05) is 12.1 Å². The number of carbonyl (C=O) groups is 3. The Labute approximate surface area is 202 Å². The van der Waals surface area contributed by atoms with Crippen LogP contribution < -0.4 is 11.1 Å². The Bertz CT molecular complexity index is 1220. The number of amides is 1. The minimum atomic E-state index is -0.974. The molecule has 1 aromatic carbocycles. The molecule has 2 aromatic heterocycles. The first-order valence-electron chi connectivity index (χ1n) is 11.3. The predicted octanol–water partition coefficient (Wildman–Crippen LogP) is 1.85. The van der Waals surface area contributed by atoms with E-state index >= 15 is 0 Å². The lowest BCUT2D eigenvalue weighted by Crippen LogP contribution is -2.42. The van der Waals surface area contributed by atoms with Gasteiger partial charge in [-0.3, -0.25) is 9.59 Å². The largest absolute Gasteiger partial charge is 0.493 e. The van der Waals surface area contributed by atoms with Crippen molar-refractivity contribution >= 4 is 34.8 Å². The summed E-state index contributed by atoms with van der Waals surface area (Å²) in [6, 6.07) is 5.86. The van der Waals surface area contributed by atoms with E-state index in [1.165, 1.54) is 0 Å². The Hall–Kier alpha value is -4.15. The Morgan fingerprint density at radius 1 is 1.11 bits per heavy atom. The Kier molecular flexibility index (Phi) is 8.24. The summed E-state index contributed by atoms with van der Waals surface area (Å²) in [6.07, 6.45) is 2.35. The highest BCUT2D eigenvalue weighted by Gasteiger charge is 2.24. The van der Waals surface area contributed by atoms with Gasteiger partial charge < -0.3 is 30.2 Å². The van der Waals surface area contributed by atoms with Crippen LogP contribution in [0.2, 0.25) is 0 Å². The van der Waals surface area contributed by atoms with Crippen LogP contribution in [0.25, 0.3) is 11.0 Å². The molecule has 4 N–H and O–H groups in total. The maximum atomic E-state index is 12.8. The van der Waals surface area contributed by atoms with Gasteiger partial charge in [0.05, 0.1) is 18.6 Å². The number of esters is 2. The van der Waals surface area contributed by atoms with Crippen LogP contribution in [0.3, 0.4) is 0 Å². The first kappa shape index (κ1) is 25.5. The molecule has 0 radical (unpaired) electrons. The van der Waals surface area contributed by atoms with E-state index in [9.17, 15) is 19.5 Å². The van der Waals surface area contributed by atoms with Crippen LogP contribution in [0, 0.1) is 0 Å². The number of fused-ring (bicyclic) bond motifs is 1. The molecule has 35 heavy (non-hydrogen) atoms. The van der Waals surface area contributed by atoms with Crippen molar-refractivity contribution < 1.29 is 29.0 Å². The molecule has 0 bridgehead atoms. The third-order valence-electron chi connectivity index (χ3n) is 5.32. The molecule has 0 aliphatic heterocycles. The average molecular weight is 484 g/mol. The molecule has 0 spiro atoms. The van der Waals surface area contributed by atoms with Gasteiger partial charge in [-0.05, 0) is 49.9 Å². The third-order valence-corrected chi connectivity index (χ3v) is 5.32. The quantitative estimate of drug-likeness (QED) is 0.366. The molecule has 11 nitrogen and oxygen atoms in total. The summed E-state index contributed by atoms with van der Waals surface area (Å²) < 4.78 is 11.7. The standard InChI is InChI=1S/C24H29N5O6/c1-4-34-18(30)11-10-17(23(33)35-5-2)26-21(31)15-8-6-14(7-9-15)12-16-13-29(3)20-19(16)22(32)28-24(25)27-20/h6-9,13,17H,4-5,10-12H2,1-3H3,(H,26,31)(H3,25,27,28,32)/t17-/m1/s1. The molecule has 3 rings (SSSR count). The summed E-state index contributed by atoms with van der Waals surface area (Å²) in [6.45, 7) is 3.75. The zero-order chi connectivity index (χ0) is 25.5. The van der Waals surface area contributed by atoms with E-state index in [4.69, 9.17) is 15.2 Å². The second kappa shape index (κ2) is 11.3. The van der Waals surface area contributed by atoms with Crippen molar-refractivity contribution in [3.63, 3.8) is 0 Å². The molecule has 0 saturated carbocycles. The number of hydrogen-bond donors (Lipinski definition) is 3. The number of benzene rings is 1. The van der Waals surface area contributed by atoms with Crippen LogP contribution in [0.4, 0.5) is 5.95 Å². The smallest absolute Gasteiger partial charge is 0.328 e. The topological polar surface area (TPSA) is 159 Å². The van der Waals surface area contributed by atoms with E-state index in [0.29, 0.717) is 23.0 Å². The maximum absolute atomic E-state index is 12.8. The number of nitrogen functional groups attached to an aromatic ring is 1. The SMILES string of the molecule is CCOC(=O)CC[C@@H](NC(=O)c1ccc(Cc2cn(C)c3nc(N)nc(O)c23)cc1)C(=O)OCC. The molecule has 1 atom stereocenters. The summed E-state index contributed by atoms with van der Waals surface area (Å²) >= 11 is 0. The van der Waals surface area contributed by atoms with E-state index in [1.807, 2.05) is 6.20 Å². The number of anilines is 1. The number of nitrogens with two attached hydrogens (primary N) is 1.